The van der Waals surface area contributed by atoms with Crippen LogP contribution in [-0.2, 0) is 11.3 Å². The molecule has 24 heavy (non-hydrogen) atoms. The maximum atomic E-state index is 12.5. The number of aliphatic hydroxyl groups is 1. The quantitative estimate of drug-likeness (QED) is 0.920. The van der Waals surface area contributed by atoms with Gasteiger partial charge in [0.05, 0.1) is 17.2 Å². The molecular formula is C18H23N3O3. The summed E-state index contributed by atoms with van der Waals surface area (Å²) in [7, 11) is 1.80. The zero-order chi connectivity index (χ0) is 17.1. The van der Waals surface area contributed by atoms with Gasteiger partial charge in [-0.3, -0.25) is 14.2 Å². The summed E-state index contributed by atoms with van der Waals surface area (Å²) in [6.07, 6.45) is 5.13. The van der Waals surface area contributed by atoms with E-state index in [0.717, 1.165) is 25.7 Å². The van der Waals surface area contributed by atoms with Gasteiger partial charge in [0.1, 0.15) is 6.54 Å². The maximum Gasteiger partial charge on any atom is 0.261 e. The van der Waals surface area contributed by atoms with Crippen molar-refractivity contribution in [3.8, 4) is 0 Å². The second kappa shape index (κ2) is 7.13. The first-order valence-corrected chi connectivity index (χ1v) is 8.41. The predicted octanol–water partition coefficient (Wildman–Crippen LogP) is 1.41. The summed E-state index contributed by atoms with van der Waals surface area (Å²) in [5, 5.41) is 9.74. The van der Waals surface area contributed by atoms with Crippen LogP contribution in [0, 0.1) is 5.92 Å². The molecule has 0 aliphatic heterocycles. The van der Waals surface area contributed by atoms with Gasteiger partial charge in [0.2, 0.25) is 5.91 Å². The van der Waals surface area contributed by atoms with Crippen molar-refractivity contribution in [3.05, 3.63) is 40.9 Å². The van der Waals surface area contributed by atoms with Gasteiger partial charge in [-0.1, -0.05) is 12.1 Å². The number of hydrogen-bond acceptors (Lipinski definition) is 4. The van der Waals surface area contributed by atoms with Crippen molar-refractivity contribution in [3.63, 3.8) is 0 Å². The van der Waals surface area contributed by atoms with E-state index in [1.807, 2.05) is 6.07 Å². The maximum absolute atomic E-state index is 12.5. The van der Waals surface area contributed by atoms with Gasteiger partial charge >= 0.3 is 0 Å². The van der Waals surface area contributed by atoms with Crippen LogP contribution in [0.15, 0.2) is 35.4 Å². The lowest BCUT2D eigenvalue weighted by atomic mass is 9.86. The molecule has 1 aliphatic carbocycles. The number of likely N-dealkylation sites (N-methyl/N-ethyl adjacent to an activating group) is 1. The van der Waals surface area contributed by atoms with Crippen molar-refractivity contribution in [2.45, 2.75) is 38.3 Å². The lowest BCUT2D eigenvalue weighted by molar-refractivity contribution is -0.133. The van der Waals surface area contributed by atoms with E-state index in [-0.39, 0.29) is 30.7 Å². The molecule has 1 fully saturated rings. The molecule has 128 valence electrons. The average Bonchev–Trinajstić information content (AvgIpc) is 2.63. The number of carbonyl (C=O) groups excluding carboxylic acids is 1. The highest BCUT2D eigenvalue weighted by Crippen LogP contribution is 2.26. The van der Waals surface area contributed by atoms with Crippen molar-refractivity contribution in [1.29, 1.82) is 0 Å². The molecule has 3 rings (SSSR count). The van der Waals surface area contributed by atoms with E-state index in [9.17, 15) is 14.7 Å². The number of nitrogens with zero attached hydrogens (tertiary/aromatic N) is 3. The molecule has 1 saturated carbocycles. The van der Waals surface area contributed by atoms with Gasteiger partial charge in [-0.2, -0.15) is 0 Å². The van der Waals surface area contributed by atoms with Gasteiger partial charge in [-0.25, -0.2) is 4.98 Å². The summed E-state index contributed by atoms with van der Waals surface area (Å²) in [6.45, 7) is 0.232. The fraction of sp³-hybridized carbons (Fsp3) is 0.500. The fourth-order valence-corrected chi connectivity index (χ4v) is 3.39. The Morgan fingerprint density at radius 1 is 1.29 bits per heavy atom. The highest BCUT2D eigenvalue weighted by Gasteiger charge is 2.26. The molecule has 6 heteroatoms. The number of aliphatic hydroxyl groups excluding tert-OH is 1. The smallest absolute Gasteiger partial charge is 0.261 e. The van der Waals surface area contributed by atoms with Gasteiger partial charge < -0.3 is 10.0 Å². The van der Waals surface area contributed by atoms with E-state index < -0.39 is 0 Å². The van der Waals surface area contributed by atoms with Crippen LogP contribution in [0.3, 0.4) is 0 Å². The largest absolute Gasteiger partial charge is 0.396 e. The lowest BCUT2D eigenvalue weighted by Gasteiger charge is -2.34. The highest BCUT2D eigenvalue weighted by molar-refractivity contribution is 5.79. The summed E-state index contributed by atoms with van der Waals surface area (Å²) < 4.78 is 1.38. The van der Waals surface area contributed by atoms with E-state index in [2.05, 4.69) is 4.98 Å². The number of aromatic nitrogens is 2. The summed E-state index contributed by atoms with van der Waals surface area (Å²) >= 11 is 0. The number of amides is 1. The molecule has 0 bridgehead atoms. The van der Waals surface area contributed by atoms with Crippen LogP contribution >= 0.6 is 0 Å². The first-order chi connectivity index (χ1) is 11.6. The number of rotatable bonds is 4. The van der Waals surface area contributed by atoms with Crippen molar-refractivity contribution in [2.75, 3.05) is 13.7 Å². The topological polar surface area (TPSA) is 75.4 Å². The van der Waals surface area contributed by atoms with Crippen LogP contribution in [0.2, 0.25) is 0 Å². The third kappa shape index (κ3) is 3.33. The Bertz CT molecular complexity index is 778. The van der Waals surface area contributed by atoms with E-state index in [1.165, 1.54) is 10.9 Å². The predicted molar refractivity (Wildman–Crippen MR) is 91.6 cm³/mol. The summed E-state index contributed by atoms with van der Waals surface area (Å²) in [6, 6.07) is 7.33. The normalized spacial score (nSPS) is 20.9. The third-order valence-electron chi connectivity index (χ3n) is 5.05. The van der Waals surface area contributed by atoms with Crippen molar-refractivity contribution >= 4 is 16.8 Å². The molecule has 0 atom stereocenters. The van der Waals surface area contributed by atoms with Gasteiger partial charge in [0.25, 0.3) is 5.56 Å². The van der Waals surface area contributed by atoms with Crippen LogP contribution in [0.25, 0.3) is 10.9 Å². The first-order valence-electron chi connectivity index (χ1n) is 8.41. The van der Waals surface area contributed by atoms with Gasteiger partial charge in [-0.05, 0) is 43.7 Å². The molecule has 0 unspecified atom stereocenters. The van der Waals surface area contributed by atoms with E-state index >= 15 is 0 Å². The minimum Gasteiger partial charge on any atom is -0.396 e. The zero-order valence-electron chi connectivity index (χ0n) is 13.9. The summed E-state index contributed by atoms with van der Waals surface area (Å²) in [4.78, 5) is 31.0. The lowest BCUT2D eigenvalue weighted by Crippen LogP contribution is -2.42. The third-order valence-corrected chi connectivity index (χ3v) is 5.05. The molecule has 0 spiro atoms. The Morgan fingerprint density at radius 3 is 2.71 bits per heavy atom. The zero-order valence-corrected chi connectivity index (χ0v) is 13.9. The Hall–Kier alpha value is -2.21. The van der Waals surface area contributed by atoms with Gasteiger partial charge in [0.15, 0.2) is 0 Å². The fourth-order valence-electron chi connectivity index (χ4n) is 3.39. The number of carbonyl (C=O) groups is 1. The van der Waals surface area contributed by atoms with Gasteiger partial charge in [-0.15, -0.1) is 0 Å². The number of para-hydroxylation sites is 1. The minimum absolute atomic E-state index is 0.00704. The molecule has 1 aliphatic rings. The minimum atomic E-state index is -0.189. The van der Waals surface area contributed by atoms with Crippen LogP contribution in [0.5, 0.6) is 0 Å². The summed E-state index contributed by atoms with van der Waals surface area (Å²) in [5.41, 5.74) is 0.452. The summed E-state index contributed by atoms with van der Waals surface area (Å²) in [5.74, 6) is 0.277. The van der Waals surface area contributed by atoms with Crippen LogP contribution < -0.4 is 5.56 Å². The average molecular weight is 329 g/mol. The molecule has 0 radical (unpaired) electrons. The van der Waals surface area contributed by atoms with Crippen molar-refractivity contribution in [1.82, 2.24) is 14.5 Å². The van der Waals surface area contributed by atoms with Crippen LogP contribution in [0.4, 0.5) is 0 Å². The SMILES string of the molecule is CN(C(=O)Cn1cnc2ccccc2c1=O)C1CCC(CO)CC1. The van der Waals surface area contributed by atoms with Crippen LogP contribution in [0.1, 0.15) is 25.7 Å². The van der Waals surface area contributed by atoms with E-state index in [0.29, 0.717) is 16.8 Å². The van der Waals surface area contributed by atoms with Gasteiger partial charge in [0, 0.05) is 19.7 Å². The molecule has 1 aromatic carbocycles. The van der Waals surface area contributed by atoms with Crippen LogP contribution in [-0.4, -0.2) is 45.2 Å². The molecular weight excluding hydrogens is 306 g/mol. The Kier molecular flexibility index (Phi) is 4.94. The van der Waals surface area contributed by atoms with E-state index in [4.69, 9.17) is 0 Å². The molecule has 0 saturated heterocycles. The second-order valence-electron chi connectivity index (χ2n) is 6.56. The van der Waals surface area contributed by atoms with Crippen molar-refractivity contribution in [2.24, 2.45) is 5.92 Å². The second-order valence-corrected chi connectivity index (χ2v) is 6.56. The molecule has 1 heterocycles. The monoisotopic (exact) mass is 329 g/mol. The molecule has 6 nitrogen and oxygen atoms in total. The Labute approximate surface area is 140 Å². The molecule has 1 amide bonds. The molecule has 1 aromatic heterocycles. The highest BCUT2D eigenvalue weighted by atomic mass is 16.3. The molecule has 1 N–H and O–H groups in total. The number of hydrogen-bond donors (Lipinski definition) is 1. The first kappa shape index (κ1) is 16.6. The molecule has 2 aromatic rings. The standard InChI is InChI=1S/C18H23N3O3/c1-20(14-8-6-13(11-22)7-9-14)17(23)10-21-12-19-16-5-3-2-4-15(16)18(21)24/h2-5,12-14,22H,6-11H2,1H3. The number of benzene rings is 1. The Morgan fingerprint density at radius 2 is 2.00 bits per heavy atom. The number of fused-ring (bicyclic) bond motifs is 1. The van der Waals surface area contributed by atoms with E-state index in [1.54, 1.807) is 30.1 Å². The van der Waals surface area contributed by atoms with Crippen molar-refractivity contribution < 1.29 is 9.90 Å². The Balaban J connectivity index is 1.71.